The number of allylic oxidation sites excluding steroid dienone is 4. The van der Waals surface area contributed by atoms with Gasteiger partial charge in [0.2, 0.25) is 0 Å². The van der Waals surface area contributed by atoms with Gasteiger partial charge in [0.25, 0.3) is 0 Å². The summed E-state index contributed by atoms with van der Waals surface area (Å²) in [4.78, 5) is 0. The van der Waals surface area contributed by atoms with Gasteiger partial charge in [-0.2, -0.15) is 0 Å². The Bertz CT molecular complexity index is 933. The van der Waals surface area contributed by atoms with Crippen LogP contribution in [0.1, 0.15) is 16.7 Å². The van der Waals surface area contributed by atoms with E-state index in [1.54, 1.807) is 0 Å². The Hall–Kier alpha value is -1.93. The Morgan fingerprint density at radius 1 is 0.562 bits per heavy atom. The van der Waals surface area contributed by atoms with Gasteiger partial charge in [0.15, 0.2) is 0 Å². The normalized spacial score (nSPS) is 15.2. The molecule has 0 aliphatic heterocycles. The van der Waals surface area contributed by atoms with Crippen molar-refractivity contribution in [1.82, 2.24) is 0 Å². The van der Waals surface area contributed by atoms with E-state index in [1.807, 2.05) is 0 Å². The van der Waals surface area contributed by atoms with Crippen molar-refractivity contribution in [3.05, 3.63) is 132 Å². The summed E-state index contributed by atoms with van der Waals surface area (Å²) in [5.41, 5.74) is 4.55. The van der Waals surface area contributed by atoms with Crippen LogP contribution in [-0.2, 0) is 30.8 Å². The molecule has 3 aromatic rings. The molecular weight excluding hydrogens is 436 g/mol. The van der Waals surface area contributed by atoms with Crippen molar-refractivity contribution in [3.63, 3.8) is 0 Å². The van der Waals surface area contributed by atoms with Crippen LogP contribution in [0.25, 0.3) is 0 Å². The maximum absolute atomic E-state index is 2.70. The van der Waals surface area contributed by atoms with Gasteiger partial charge in [0, 0.05) is 0 Å². The molecule has 0 atom stereocenters. The molecule has 0 saturated heterocycles. The molecule has 4 rings (SSSR count). The van der Waals surface area contributed by atoms with Crippen LogP contribution < -0.4 is 0 Å². The maximum atomic E-state index is 2.63. The molecule has 0 aromatic heterocycles. The van der Waals surface area contributed by atoms with Crippen LogP contribution >= 0.6 is 0 Å². The van der Waals surface area contributed by atoms with E-state index in [9.17, 15) is 0 Å². The SMILES string of the molecule is C[Si](C)(C)C[C]1([Ti]([CH2]c2ccccc2)([CH2]c2ccccc2)[CH2]c2ccccc2)C=CC=C1. The topological polar surface area (TPSA) is 0 Å². The van der Waals surface area contributed by atoms with Crippen molar-refractivity contribution < 1.29 is 16.6 Å². The zero-order valence-corrected chi connectivity index (χ0v) is 22.4. The molecule has 0 N–H and O–H groups in total. The first-order valence-corrected chi connectivity index (χ1v) is 19.7. The summed E-state index contributed by atoms with van der Waals surface area (Å²) in [5, 5.41) is 0. The summed E-state index contributed by atoms with van der Waals surface area (Å²) in [6.07, 6.45) is 9.95. The molecule has 0 bridgehead atoms. The van der Waals surface area contributed by atoms with Gasteiger partial charge in [0.1, 0.15) is 0 Å². The molecule has 2 heteroatoms. The Morgan fingerprint density at radius 3 is 1.22 bits per heavy atom. The van der Waals surface area contributed by atoms with Crippen molar-refractivity contribution in [2.45, 2.75) is 43.6 Å². The first-order valence-electron chi connectivity index (χ1n) is 11.9. The van der Waals surface area contributed by atoms with Crippen LogP contribution in [0.5, 0.6) is 0 Å². The van der Waals surface area contributed by atoms with E-state index in [-0.39, 0.29) is 3.72 Å². The fraction of sp³-hybridized carbons (Fsp3) is 0.267. The van der Waals surface area contributed by atoms with Crippen LogP contribution in [0.2, 0.25) is 29.4 Å². The summed E-state index contributed by atoms with van der Waals surface area (Å²) in [5.74, 6) is 0. The average molecular weight is 473 g/mol. The molecule has 0 fully saturated rings. The van der Waals surface area contributed by atoms with E-state index in [0.29, 0.717) is 0 Å². The minimum atomic E-state index is -2.70. The predicted octanol–water partition coefficient (Wildman–Crippen LogP) is 8.36. The quantitative estimate of drug-likeness (QED) is 0.275. The van der Waals surface area contributed by atoms with Crippen LogP contribution in [0, 0.1) is 0 Å². The molecule has 0 unspecified atom stereocenters. The third kappa shape index (κ3) is 5.52. The molecule has 0 saturated carbocycles. The van der Waals surface area contributed by atoms with E-state index in [2.05, 4.69) is 135 Å². The van der Waals surface area contributed by atoms with Crippen molar-refractivity contribution in [2.75, 3.05) is 0 Å². The van der Waals surface area contributed by atoms with E-state index in [0.717, 1.165) is 0 Å². The summed E-state index contributed by atoms with van der Waals surface area (Å²) in [7, 11) is -1.31. The van der Waals surface area contributed by atoms with Gasteiger partial charge in [0.05, 0.1) is 0 Å². The second kappa shape index (κ2) is 9.91. The minimum absolute atomic E-state index is 0.242. The van der Waals surface area contributed by atoms with E-state index >= 15 is 0 Å². The van der Waals surface area contributed by atoms with Crippen molar-refractivity contribution in [2.24, 2.45) is 0 Å². The van der Waals surface area contributed by atoms with Gasteiger partial charge >= 0.3 is 200 Å². The summed E-state index contributed by atoms with van der Waals surface area (Å²) < 4.78 is 4.00. The van der Waals surface area contributed by atoms with Crippen LogP contribution in [0.15, 0.2) is 115 Å². The molecule has 32 heavy (non-hydrogen) atoms. The molecule has 164 valence electrons. The number of benzene rings is 3. The Morgan fingerprint density at radius 2 is 0.906 bits per heavy atom. The molecule has 0 amide bonds. The van der Waals surface area contributed by atoms with Crippen molar-refractivity contribution >= 4 is 8.07 Å². The average Bonchev–Trinajstić information content (AvgIpc) is 3.24. The summed E-state index contributed by atoms with van der Waals surface area (Å²) in [6.45, 7) is 7.65. The Balaban J connectivity index is 1.90. The van der Waals surface area contributed by atoms with Gasteiger partial charge in [-0.25, -0.2) is 0 Å². The molecule has 0 nitrogen and oxygen atoms in total. The van der Waals surface area contributed by atoms with Gasteiger partial charge in [-0.15, -0.1) is 0 Å². The standard InChI is InChI=1S/C9H15Si.3C7H7.Ti/c1-10(2,3)8-9-6-4-5-7-9;3*1-7-5-3-2-4-6-7;/h4-7H,8H2,1-3H3;3*2-6H,1H2;. The molecule has 1 aliphatic rings. The fourth-order valence-electron chi connectivity index (χ4n) is 5.69. The second-order valence-electron chi connectivity index (χ2n) is 10.8. The van der Waals surface area contributed by atoms with E-state index in [1.165, 1.54) is 36.9 Å². The molecule has 3 aromatic carbocycles. The van der Waals surface area contributed by atoms with Gasteiger partial charge in [-0.3, -0.25) is 0 Å². The Labute approximate surface area is 199 Å². The summed E-state index contributed by atoms with van der Waals surface area (Å²) >= 11 is -2.70. The number of rotatable bonds is 9. The molecule has 0 radical (unpaired) electrons. The van der Waals surface area contributed by atoms with Crippen molar-refractivity contribution in [1.29, 1.82) is 0 Å². The predicted molar refractivity (Wildman–Crippen MR) is 140 cm³/mol. The first kappa shape index (κ1) is 23.2. The first-order chi connectivity index (χ1) is 15.4. The van der Waals surface area contributed by atoms with Crippen LogP contribution in [-0.4, -0.2) is 8.07 Å². The molecule has 0 spiro atoms. The van der Waals surface area contributed by atoms with Gasteiger partial charge in [-0.05, 0) is 0 Å². The van der Waals surface area contributed by atoms with Crippen LogP contribution in [0.3, 0.4) is 0 Å². The van der Waals surface area contributed by atoms with Gasteiger partial charge in [-0.1, -0.05) is 0 Å². The van der Waals surface area contributed by atoms with Gasteiger partial charge < -0.3 is 0 Å². The Kier molecular flexibility index (Phi) is 7.20. The third-order valence-electron chi connectivity index (χ3n) is 6.86. The van der Waals surface area contributed by atoms with Crippen LogP contribution in [0.4, 0.5) is 0 Å². The zero-order chi connectivity index (χ0) is 22.5. The summed E-state index contributed by atoms with van der Waals surface area (Å²) in [6, 6.07) is 35.3. The van der Waals surface area contributed by atoms with E-state index in [4.69, 9.17) is 0 Å². The number of hydrogen-bond donors (Lipinski definition) is 0. The molecule has 1 aliphatic carbocycles. The fourth-order valence-corrected chi connectivity index (χ4v) is 20.6. The van der Waals surface area contributed by atoms with E-state index < -0.39 is 24.7 Å². The molecular formula is C30H36SiTi. The molecule has 0 heterocycles. The number of hydrogen-bond acceptors (Lipinski definition) is 0. The zero-order valence-electron chi connectivity index (χ0n) is 19.8. The second-order valence-corrected chi connectivity index (χ2v) is 23.3. The monoisotopic (exact) mass is 472 g/mol. The van der Waals surface area contributed by atoms with Crippen molar-refractivity contribution in [3.8, 4) is 0 Å². The third-order valence-corrected chi connectivity index (χ3v) is 18.0.